The molecule has 4 fully saturated rings. The Balaban J connectivity index is 1.47. The zero-order valence-electron chi connectivity index (χ0n) is 19.9. The van der Waals surface area contributed by atoms with Crippen molar-refractivity contribution in [2.75, 3.05) is 0 Å². The van der Waals surface area contributed by atoms with Gasteiger partial charge in [0.25, 0.3) is 0 Å². The van der Waals surface area contributed by atoms with Crippen molar-refractivity contribution in [3.8, 4) is 0 Å². The third kappa shape index (κ3) is 3.73. The minimum Gasteiger partial charge on any atom is -0.390 e. The summed E-state index contributed by atoms with van der Waals surface area (Å²) in [5, 5.41) is 20.8. The van der Waals surface area contributed by atoms with Gasteiger partial charge >= 0.3 is 0 Å². The van der Waals surface area contributed by atoms with E-state index < -0.39 is 12.2 Å². The highest BCUT2D eigenvalue weighted by atomic mass is 16.3. The molecule has 2 nitrogen and oxygen atoms in total. The zero-order chi connectivity index (χ0) is 21.0. The quantitative estimate of drug-likeness (QED) is 0.553. The second-order valence-electron chi connectivity index (χ2n) is 12.8. The van der Waals surface area contributed by atoms with Crippen LogP contribution in [0.15, 0.2) is 0 Å². The fourth-order valence-corrected chi connectivity index (χ4v) is 9.30. The highest BCUT2D eigenvalue weighted by molar-refractivity contribution is 5.10. The Kier molecular flexibility index (Phi) is 6.19. The first-order valence-corrected chi connectivity index (χ1v) is 13.0. The van der Waals surface area contributed by atoms with Gasteiger partial charge < -0.3 is 10.2 Å². The molecule has 2 N–H and O–H groups in total. The number of hydrogen-bond acceptors (Lipinski definition) is 2. The van der Waals surface area contributed by atoms with Crippen LogP contribution in [0.1, 0.15) is 105 Å². The van der Waals surface area contributed by atoms with Gasteiger partial charge in [0.1, 0.15) is 0 Å². The van der Waals surface area contributed by atoms with E-state index >= 15 is 0 Å². The van der Waals surface area contributed by atoms with Gasteiger partial charge in [-0.15, -0.1) is 0 Å². The van der Waals surface area contributed by atoms with E-state index in [0.717, 1.165) is 48.3 Å². The third-order valence-corrected chi connectivity index (χ3v) is 10.9. The van der Waals surface area contributed by atoms with Crippen molar-refractivity contribution < 1.29 is 10.2 Å². The van der Waals surface area contributed by atoms with E-state index in [2.05, 4.69) is 34.6 Å². The third-order valence-electron chi connectivity index (χ3n) is 10.9. The maximum absolute atomic E-state index is 10.5. The van der Waals surface area contributed by atoms with Crippen LogP contribution in [0.2, 0.25) is 0 Å². The average molecular weight is 405 g/mol. The molecule has 0 aromatic carbocycles. The smallest absolute Gasteiger partial charge is 0.0804 e. The van der Waals surface area contributed by atoms with Crippen LogP contribution in [-0.2, 0) is 0 Å². The highest BCUT2D eigenvalue weighted by Gasteiger charge is 2.61. The van der Waals surface area contributed by atoms with Gasteiger partial charge in [0.05, 0.1) is 12.2 Å². The summed E-state index contributed by atoms with van der Waals surface area (Å²) in [4.78, 5) is 0. The summed E-state index contributed by atoms with van der Waals surface area (Å²) in [6, 6.07) is 0. The summed E-state index contributed by atoms with van der Waals surface area (Å²) in [5.74, 6) is 5.80. The van der Waals surface area contributed by atoms with Crippen molar-refractivity contribution in [1.29, 1.82) is 0 Å². The topological polar surface area (TPSA) is 40.5 Å². The Bertz CT molecular complexity index is 573. The van der Waals surface area contributed by atoms with E-state index in [-0.39, 0.29) is 5.41 Å². The first kappa shape index (κ1) is 22.1. The number of aliphatic hydroxyl groups is 2. The number of hydrogen-bond donors (Lipinski definition) is 2. The summed E-state index contributed by atoms with van der Waals surface area (Å²) in [7, 11) is 0. The van der Waals surface area contributed by atoms with Gasteiger partial charge in [-0.3, -0.25) is 0 Å². The Morgan fingerprint density at radius 1 is 0.828 bits per heavy atom. The molecule has 0 aromatic heterocycles. The molecule has 1 unspecified atom stereocenters. The molecule has 2 heteroatoms. The van der Waals surface area contributed by atoms with Crippen molar-refractivity contribution in [3.05, 3.63) is 0 Å². The molecular formula is C27H48O2. The molecule has 0 saturated heterocycles. The van der Waals surface area contributed by atoms with Gasteiger partial charge in [-0.05, 0) is 104 Å². The minimum atomic E-state index is -0.499. The van der Waals surface area contributed by atoms with E-state index in [0.29, 0.717) is 11.3 Å². The van der Waals surface area contributed by atoms with Crippen molar-refractivity contribution in [1.82, 2.24) is 0 Å². The molecule has 0 amide bonds. The predicted octanol–water partition coefficient (Wildman–Crippen LogP) is 6.44. The lowest BCUT2D eigenvalue weighted by Crippen LogP contribution is -2.56. The number of fused-ring (bicyclic) bond motifs is 5. The average Bonchev–Trinajstić information content (AvgIpc) is 3.00. The maximum atomic E-state index is 10.5. The normalized spacial score (nSPS) is 50.7. The maximum Gasteiger partial charge on any atom is 0.0804 e. The second-order valence-corrected chi connectivity index (χ2v) is 12.8. The molecule has 0 aliphatic heterocycles. The Morgan fingerprint density at radius 3 is 2.28 bits per heavy atom. The Hall–Kier alpha value is -0.0800. The molecule has 4 aliphatic rings. The fraction of sp³-hybridized carbons (Fsp3) is 1.00. The molecule has 0 spiro atoms. The highest BCUT2D eigenvalue weighted by Crippen LogP contribution is 2.68. The van der Waals surface area contributed by atoms with Gasteiger partial charge in [0.2, 0.25) is 0 Å². The molecule has 4 saturated carbocycles. The summed E-state index contributed by atoms with van der Waals surface area (Å²) in [5.41, 5.74) is 0.804. The van der Waals surface area contributed by atoms with E-state index in [1.54, 1.807) is 0 Å². The minimum absolute atomic E-state index is 0.254. The summed E-state index contributed by atoms with van der Waals surface area (Å²) in [6.45, 7) is 12.4. The summed E-state index contributed by atoms with van der Waals surface area (Å²) in [6.07, 6.45) is 13.2. The van der Waals surface area contributed by atoms with Gasteiger partial charge in [-0.1, -0.05) is 53.9 Å². The van der Waals surface area contributed by atoms with Crippen LogP contribution in [0, 0.1) is 52.3 Å². The summed E-state index contributed by atoms with van der Waals surface area (Å²) < 4.78 is 0. The predicted molar refractivity (Wildman–Crippen MR) is 120 cm³/mol. The van der Waals surface area contributed by atoms with Crippen LogP contribution >= 0.6 is 0 Å². The molecule has 4 aliphatic carbocycles. The van der Waals surface area contributed by atoms with Gasteiger partial charge in [0.15, 0.2) is 0 Å². The molecule has 168 valence electrons. The van der Waals surface area contributed by atoms with Crippen molar-refractivity contribution in [2.45, 2.75) is 117 Å². The number of rotatable bonds is 5. The van der Waals surface area contributed by atoms with Crippen LogP contribution in [0.25, 0.3) is 0 Å². The Labute approximate surface area is 180 Å². The van der Waals surface area contributed by atoms with Crippen molar-refractivity contribution in [3.63, 3.8) is 0 Å². The van der Waals surface area contributed by atoms with Crippen LogP contribution < -0.4 is 0 Å². The largest absolute Gasteiger partial charge is 0.390 e. The zero-order valence-corrected chi connectivity index (χ0v) is 19.9. The molecule has 4 rings (SSSR count). The standard InChI is InChI=1S/C27H48O2/c1-17(2)7-6-8-18(3)21-11-12-22-20-10-9-19-15-24(28)25(29)16-27(19,5)23(20)13-14-26(21,22)4/h17-25,28-29H,6-16H2,1-5H3/t18-,19?,20+,21-,22+,23+,24-,25-,26-,27+/m1/s1. The molecule has 0 bridgehead atoms. The summed E-state index contributed by atoms with van der Waals surface area (Å²) >= 11 is 0. The lowest BCUT2D eigenvalue weighted by molar-refractivity contribution is -0.160. The monoisotopic (exact) mass is 404 g/mol. The number of aliphatic hydroxyl groups excluding tert-OH is 2. The second kappa shape index (κ2) is 8.12. The van der Waals surface area contributed by atoms with Crippen LogP contribution in [-0.4, -0.2) is 22.4 Å². The van der Waals surface area contributed by atoms with Crippen molar-refractivity contribution in [2.24, 2.45) is 52.3 Å². The molecule has 10 atom stereocenters. The lowest BCUT2D eigenvalue weighted by atomic mass is 9.44. The molecule has 0 radical (unpaired) electrons. The molecule has 29 heavy (non-hydrogen) atoms. The van der Waals surface area contributed by atoms with Crippen LogP contribution in [0.4, 0.5) is 0 Å². The Morgan fingerprint density at radius 2 is 1.55 bits per heavy atom. The van der Waals surface area contributed by atoms with E-state index in [4.69, 9.17) is 0 Å². The van der Waals surface area contributed by atoms with Crippen molar-refractivity contribution >= 4 is 0 Å². The van der Waals surface area contributed by atoms with Gasteiger partial charge in [0, 0.05) is 0 Å². The molecule has 0 heterocycles. The lowest BCUT2D eigenvalue weighted by Gasteiger charge is -2.61. The van der Waals surface area contributed by atoms with Gasteiger partial charge in [-0.2, -0.15) is 0 Å². The molecular weight excluding hydrogens is 356 g/mol. The van der Waals surface area contributed by atoms with Gasteiger partial charge in [-0.25, -0.2) is 0 Å². The first-order valence-electron chi connectivity index (χ1n) is 13.0. The van der Waals surface area contributed by atoms with E-state index in [1.807, 2.05) is 0 Å². The SMILES string of the molecule is CC(C)CCC[C@@H](C)[C@H]1CC[C@H]2[C@@H]3CCC4C[C@@H](O)[C@H](O)C[C@]4(C)[C@H]3CC[C@]12C. The fourth-order valence-electron chi connectivity index (χ4n) is 9.30. The molecule has 0 aromatic rings. The van der Waals surface area contributed by atoms with E-state index in [1.165, 1.54) is 57.8 Å². The first-order chi connectivity index (χ1) is 13.7. The van der Waals surface area contributed by atoms with Crippen LogP contribution in [0.3, 0.4) is 0 Å². The van der Waals surface area contributed by atoms with E-state index in [9.17, 15) is 10.2 Å². The van der Waals surface area contributed by atoms with Crippen LogP contribution in [0.5, 0.6) is 0 Å².